The molecule has 3 aromatic carbocycles. The topological polar surface area (TPSA) is 32.6 Å². The first-order chi connectivity index (χ1) is 13.7. The Morgan fingerprint density at radius 1 is 0.786 bits per heavy atom. The largest absolute Gasteiger partial charge is 0.411 e. The van der Waals surface area contributed by atoms with E-state index in [4.69, 9.17) is 5.21 Å². The molecule has 0 fully saturated rings. The summed E-state index contributed by atoms with van der Waals surface area (Å²) >= 11 is 1.89. The lowest BCUT2D eigenvalue weighted by Gasteiger charge is -2.35. The van der Waals surface area contributed by atoms with Gasteiger partial charge in [-0.15, -0.1) is 11.8 Å². The maximum atomic E-state index is 8.88. The third kappa shape index (κ3) is 4.20. The average Bonchev–Trinajstić information content (AvgIpc) is 2.76. The second-order valence-electron chi connectivity index (χ2n) is 6.78. The summed E-state index contributed by atoms with van der Waals surface area (Å²) in [7, 11) is 0. The fourth-order valence-corrected chi connectivity index (χ4v) is 4.86. The number of thioether (sulfide) groups is 1. The minimum absolute atomic E-state index is 0.332. The van der Waals surface area contributed by atoms with Crippen molar-refractivity contribution in [3.8, 4) is 0 Å². The third-order valence-electron chi connectivity index (χ3n) is 4.97. The number of oxime groups is 1. The predicted molar refractivity (Wildman–Crippen MR) is 120 cm³/mol. The van der Waals surface area contributed by atoms with Gasteiger partial charge in [0, 0.05) is 5.75 Å². The molecule has 2 nitrogen and oxygen atoms in total. The van der Waals surface area contributed by atoms with E-state index in [0.29, 0.717) is 0 Å². The molecule has 0 saturated heterocycles. The number of rotatable bonds is 7. The highest BCUT2D eigenvalue weighted by Crippen LogP contribution is 2.49. The zero-order chi connectivity index (χ0) is 19.8. The molecule has 0 saturated carbocycles. The Bertz CT molecular complexity index is 837. The van der Waals surface area contributed by atoms with Crippen LogP contribution in [0.5, 0.6) is 0 Å². The molecule has 0 bridgehead atoms. The van der Waals surface area contributed by atoms with E-state index >= 15 is 0 Å². The van der Waals surface area contributed by atoms with E-state index in [1.807, 2.05) is 18.7 Å². The minimum Gasteiger partial charge on any atom is -0.411 e. The molecule has 3 rings (SSSR count). The van der Waals surface area contributed by atoms with Crippen molar-refractivity contribution in [2.45, 2.75) is 18.6 Å². The van der Waals surface area contributed by atoms with E-state index in [9.17, 15) is 0 Å². The standard InChI is InChI=1S/C25H25NOS/c1-20(18-26-27)21(2)19-28-25(22-12-6-3-7-13-22,23-14-8-4-9-15-23)24-16-10-5-11-17-24/h3-18,27H,19H2,1-2H3/b21-20+,26-18+. The molecule has 0 atom stereocenters. The van der Waals surface area contributed by atoms with Crippen LogP contribution in [-0.2, 0) is 4.75 Å². The van der Waals surface area contributed by atoms with Crippen LogP contribution in [0, 0.1) is 0 Å². The highest BCUT2D eigenvalue weighted by atomic mass is 32.2. The van der Waals surface area contributed by atoms with Gasteiger partial charge >= 0.3 is 0 Å². The van der Waals surface area contributed by atoms with Gasteiger partial charge in [-0.05, 0) is 36.1 Å². The summed E-state index contributed by atoms with van der Waals surface area (Å²) in [6, 6.07) is 32.0. The highest BCUT2D eigenvalue weighted by Gasteiger charge is 2.36. The van der Waals surface area contributed by atoms with Crippen LogP contribution in [0.4, 0.5) is 0 Å². The van der Waals surface area contributed by atoms with E-state index in [0.717, 1.165) is 11.3 Å². The van der Waals surface area contributed by atoms with Crippen LogP contribution in [0.2, 0.25) is 0 Å². The van der Waals surface area contributed by atoms with Crippen LogP contribution in [0.3, 0.4) is 0 Å². The summed E-state index contributed by atoms with van der Waals surface area (Å²) in [6.07, 6.45) is 1.51. The first-order valence-electron chi connectivity index (χ1n) is 9.33. The Hall–Kier alpha value is -2.78. The van der Waals surface area contributed by atoms with Gasteiger partial charge in [0.25, 0.3) is 0 Å². The second kappa shape index (κ2) is 9.43. The third-order valence-corrected chi connectivity index (χ3v) is 6.69. The maximum absolute atomic E-state index is 8.88. The minimum atomic E-state index is -0.332. The predicted octanol–water partition coefficient (Wildman–Crippen LogP) is 6.51. The van der Waals surface area contributed by atoms with E-state index in [-0.39, 0.29) is 4.75 Å². The number of benzene rings is 3. The van der Waals surface area contributed by atoms with Gasteiger partial charge in [-0.1, -0.05) is 102 Å². The van der Waals surface area contributed by atoms with Crippen molar-refractivity contribution in [2.24, 2.45) is 5.16 Å². The fourth-order valence-electron chi connectivity index (χ4n) is 3.30. The van der Waals surface area contributed by atoms with Crippen molar-refractivity contribution in [2.75, 3.05) is 5.75 Å². The second-order valence-corrected chi connectivity index (χ2v) is 7.97. The first-order valence-corrected chi connectivity index (χ1v) is 10.3. The van der Waals surface area contributed by atoms with Gasteiger partial charge in [0.15, 0.2) is 0 Å². The molecule has 0 aliphatic heterocycles. The summed E-state index contributed by atoms with van der Waals surface area (Å²) in [6.45, 7) is 4.07. The smallest absolute Gasteiger partial charge is 0.0910 e. The van der Waals surface area contributed by atoms with Gasteiger partial charge in [0.2, 0.25) is 0 Å². The Morgan fingerprint density at radius 2 is 1.18 bits per heavy atom. The zero-order valence-electron chi connectivity index (χ0n) is 16.2. The Balaban J connectivity index is 2.18. The van der Waals surface area contributed by atoms with Crippen LogP contribution >= 0.6 is 11.8 Å². The van der Waals surface area contributed by atoms with Crippen LogP contribution < -0.4 is 0 Å². The lowest BCUT2D eigenvalue weighted by Crippen LogP contribution is -2.26. The molecule has 0 amide bonds. The summed E-state index contributed by atoms with van der Waals surface area (Å²) in [4.78, 5) is 0. The molecular weight excluding hydrogens is 362 g/mol. The van der Waals surface area contributed by atoms with Crippen LogP contribution in [0.25, 0.3) is 0 Å². The summed E-state index contributed by atoms with van der Waals surface area (Å²) < 4.78 is -0.332. The zero-order valence-corrected chi connectivity index (χ0v) is 17.1. The lowest BCUT2D eigenvalue weighted by atomic mass is 9.84. The molecule has 142 valence electrons. The molecule has 0 heterocycles. The van der Waals surface area contributed by atoms with E-state index in [1.54, 1.807) is 0 Å². The van der Waals surface area contributed by atoms with E-state index in [1.165, 1.54) is 28.5 Å². The Kier molecular flexibility index (Phi) is 6.72. The Morgan fingerprint density at radius 3 is 1.54 bits per heavy atom. The quantitative estimate of drug-likeness (QED) is 0.217. The fraction of sp³-hybridized carbons (Fsp3) is 0.160. The van der Waals surface area contributed by atoms with Crippen LogP contribution in [-0.4, -0.2) is 17.2 Å². The Labute approximate surface area is 171 Å². The molecule has 0 aromatic heterocycles. The van der Waals surface area contributed by atoms with E-state index < -0.39 is 0 Å². The number of hydrogen-bond donors (Lipinski definition) is 1. The summed E-state index contributed by atoms with van der Waals surface area (Å²) in [5.41, 5.74) is 5.92. The van der Waals surface area contributed by atoms with Gasteiger partial charge in [0.1, 0.15) is 0 Å². The normalized spacial score (nSPS) is 12.8. The molecule has 0 unspecified atom stereocenters. The maximum Gasteiger partial charge on any atom is 0.0910 e. The average molecular weight is 388 g/mol. The van der Waals surface area contributed by atoms with Gasteiger partial charge in [-0.2, -0.15) is 0 Å². The molecule has 0 aliphatic rings. The molecule has 3 heteroatoms. The van der Waals surface area contributed by atoms with Crippen LogP contribution in [0.1, 0.15) is 30.5 Å². The molecule has 3 aromatic rings. The summed E-state index contributed by atoms with van der Waals surface area (Å²) in [5, 5.41) is 12.1. The van der Waals surface area contributed by atoms with Crippen molar-refractivity contribution in [3.05, 3.63) is 119 Å². The summed E-state index contributed by atoms with van der Waals surface area (Å²) in [5.74, 6) is 0.816. The molecule has 0 radical (unpaired) electrons. The van der Waals surface area contributed by atoms with Crippen molar-refractivity contribution < 1.29 is 5.21 Å². The lowest BCUT2D eigenvalue weighted by molar-refractivity contribution is 0.321. The van der Waals surface area contributed by atoms with Crippen molar-refractivity contribution in [1.29, 1.82) is 0 Å². The monoisotopic (exact) mass is 387 g/mol. The number of hydrogen-bond acceptors (Lipinski definition) is 3. The van der Waals surface area contributed by atoms with Crippen molar-refractivity contribution in [3.63, 3.8) is 0 Å². The van der Waals surface area contributed by atoms with Crippen LogP contribution in [0.15, 0.2) is 107 Å². The van der Waals surface area contributed by atoms with Gasteiger partial charge < -0.3 is 5.21 Å². The van der Waals surface area contributed by atoms with Gasteiger partial charge in [-0.3, -0.25) is 0 Å². The van der Waals surface area contributed by atoms with E-state index in [2.05, 4.69) is 103 Å². The number of allylic oxidation sites excluding steroid dienone is 1. The highest BCUT2D eigenvalue weighted by molar-refractivity contribution is 8.00. The van der Waals surface area contributed by atoms with Gasteiger partial charge in [0.05, 0.1) is 11.0 Å². The first kappa shape index (κ1) is 20.0. The van der Waals surface area contributed by atoms with Gasteiger partial charge in [-0.25, -0.2) is 0 Å². The molecular formula is C25H25NOS. The molecule has 1 N–H and O–H groups in total. The molecule has 0 spiro atoms. The van der Waals surface area contributed by atoms with Crippen molar-refractivity contribution >= 4 is 18.0 Å². The van der Waals surface area contributed by atoms with Crippen molar-refractivity contribution in [1.82, 2.24) is 0 Å². The number of nitrogens with zero attached hydrogens (tertiary/aromatic N) is 1. The molecule has 28 heavy (non-hydrogen) atoms. The SMILES string of the molecule is CC(/C=N/O)=C(/C)CSC(c1ccccc1)(c1ccccc1)c1ccccc1. The molecule has 0 aliphatic carbocycles.